The summed E-state index contributed by atoms with van der Waals surface area (Å²) >= 11 is 0. The minimum absolute atomic E-state index is 0.0117. The highest BCUT2D eigenvalue weighted by Gasteiger charge is 2.29. The molecule has 2 aliphatic carbocycles. The smallest absolute Gasteiger partial charge is 0.347 e. The molecule has 0 bridgehead atoms. The van der Waals surface area contributed by atoms with E-state index in [0.29, 0.717) is 48.3 Å². The number of unbranched alkanes of at least 4 members (excludes halogenated alkanes) is 1. The fourth-order valence-corrected chi connectivity index (χ4v) is 5.97. The molecule has 0 amide bonds. The van der Waals surface area contributed by atoms with Crippen LogP contribution in [-0.2, 0) is 0 Å². The van der Waals surface area contributed by atoms with Gasteiger partial charge in [0, 0.05) is 37.1 Å². The van der Waals surface area contributed by atoms with Crippen molar-refractivity contribution in [2.24, 2.45) is 0 Å². The van der Waals surface area contributed by atoms with Crippen LogP contribution in [0.4, 0.5) is 0 Å². The van der Waals surface area contributed by atoms with E-state index >= 15 is 0 Å². The van der Waals surface area contributed by atoms with Crippen molar-refractivity contribution in [3.8, 4) is 11.5 Å². The van der Waals surface area contributed by atoms with Crippen LogP contribution in [0.2, 0.25) is 0 Å². The van der Waals surface area contributed by atoms with E-state index in [1.807, 2.05) is 12.2 Å². The summed E-state index contributed by atoms with van der Waals surface area (Å²) in [6.45, 7) is 0. The zero-order chi connectivity index (χ0) is 27.6. The van der Waals surface area contributed by atoms with Gasteiger partial charge >= 0.3 is 11.3 Å². The van der Waals surface area contributed by atoms with E-state index in [-0.39, 0.29) is 35.2 Å². The highest BCUT2D eigenvalue weighted by atomic mass is 16.5. The largest absolute Gasteiger partial charge is 0.512 e. The normalized spacial score (nSPS) is 22.0. The molecule has 210 valence electrons. The standard InChI is InChI=1S/C32H34O8/c33-21(15-23-17-29-25(31(35)37-23)13-19-7-1-5-11-27(19)39-29)9-3-4-10-22(34)16-24-18-30-26(32(36)38-24)14-20-8-2-6-12-28(20)40-30/h13-18,27-28,33-34H,1-12H2/b21-15-,22-16-. The Morgan fingerprint density at radius 2 is 1.18 bits per heavy atom. The van der Waals surface area contributed by atoms with E-state index in [0.717, 1.165) is 62.5 Å². The lowest BCUT2D eigenvalue weighted by Crippen LogP contribution is -2.27. The van der Waals surface area contributed by atoms with Crippen molar-refractivity contribution in [2.45, 2.75) is 89.3 Å². The summed E-state index contributed by atoms with van der Waals surface area (Å²) in [6.07, 6.45) is 16.7. The second-order valence-electron chi connectivity index (χ2n) is 11.0. The van der Waals surface area contributed by atoms with Crippen molar-refractivity contribution in [1.82, 2.24) is 0 Å². The lowest BCUT2D eigenvalue weighted by molar-refractivity contribution is 0.197. The number of ether oxygens (including phenoxy) is 2. The molecule has 2 aromatic rings. The van der Waals surface area contributed by atoms with Gasteiger partial charge in [-0.2, -0.15) is 0 Å². The molecule has 2 N–H and O–H groups in total. The van der Waals surface area contributed by atoms with Crippen LogP contribution >= 0.6 is 0 Å². The van der Waals surface area contributed by atoms with Gasteiger partial charge in [-0.3, -0.25) is 0 Å². The maximum Gasteiger partial charge on any atom is 0.347 e. The maximum absolute atomic E-state index is 12.5. The Hall–Kier alpha value is -3.94. The van der Waals surface area contributed by atoms with Crippen molar-refractivity contribution < 1.29 is 28.5 Å². The van der Waals surface area contributed by atoms with Gasteiger partial charge in [0.2, 0.25) is 0 Å². The van der Waals surface area contributed by atoms with Crippen LogP contribution in [-0.4, -0.2) is 22.4 Å². The molecular weight excluding hydrogens is 512 g/mol. The van der Waals surface area contributed by atoms with Gasteiger partial charge in [0.05, 0.1) is 11.5 Å². The summed E-state index contributed by atoms with van der Waals surface area (Å²) < 4.78 is 22.9. The average Bonchev–Trinajstić information content (AvgIpc) is 2.93. The quantitative estimate of drug-likeness (QED) is 0.279. The predicted molar refractivity (Wildman–Crippen MR) is 151 cm³/mol. The molecule has 2 aliphatic heterocycles. The number of aliphatic hydroxyl groups excluding tert-OH is 2. The fourth-order valence-electron chi connectivity index (χ4n) is 5.97. The van der Waals surface area contributed by atoms with Crippen LogP contribution in [0, 0.1) is 0 Å². The molecule has 2 unspecified atom stereocenters. The molecule has 2 fully saturated rings. The van der Waals surface area contributed by atoms with Crippen molar-refractivity contribution >= 4 is 24.3 Å². The zero-order valence-electron chi connectivity index (χ0n) is 22.4. The number of fused-ring (bicyclic) bond motifs is 4. The Kier molecular flexibility index (Phi) is 7.41. The molecule has 0 aromatic carbocycles. The topological polar surface area (TPSA) is 119 Å². The molecule has 40 heavy (non-hydrogen) atoms. The van der Waals surface area contributed by atoms with Crippen molar-refractivity contribution in [1.29, 1.82) is 0 Å². The number of hydrogen-bond donors (Lipinski definition) is 2. The molecule has 8 nitrogen and oxygen atoms in total. The van der Waals surface area contributed by atoms with Gasteiger partial charge in [0.1, 0.15) is 46.4 Å². The van der Waals surface area contributed by atoms with E-state index in [9.17, 15) is 19.8 Å². The first kappa shape index (κ1) is 26.3. The van der Waals surface area contributed by atoms with Gasteiger partial charge in [0.15, 0.2) is 0 Å². The monoisotopic (exact) mass is 546 g/mol. The summed E-state index contributed by atoms with van der Waals surface area (Å²) in [7, 11) is 0. The third kappa shape index (κ3) is 5.67. The molecule has 2 aromatic heterocycles. The van der Waals surface area contributed by atoms with E-state index < -0.39 is 11.3 Å². The molecule has 2 atom stereocenters. The molecule has 4 aliphatic rings. The van der Waals surface area contributed by atoms with Gasteiger partial charge in [-0.25, -0.2) is 9.59 Å². The zero-order valence-corrected chi connectivity index (χ0v) is 22.4. The van der Waals surface area contributed by atoms with Crippen LogP contribution in [0.5, 0.6) is 11.5 Å². The Labute approximate surface area is 231 Å². The summed E-state index contributed by atoms with van der Waals surface area (Å²) in [6, 6.07) is 3.31. The maximum atomic E-state index is 12.5. The van der Waals surface area contributed by atoms with Crippen LogP contribution in [0.25, 0.3) is 24.3 Å². The molecule has 6 rings (SSSR count). The predicted octanol–water partition coefficient (Wildman–Crippen LogP) is 7.09. The van der Waals surface area contributed by atoms with Gasteiger partial charge in [-0.1, -0.05) is 0 Å². The molecule has 0 radical (unpaired) electrons. The number of rotatable bonds is 7. The highest BCUT2D eigenvalue weighted by Crippen LogP contribution is 2.37. The highest BCUT2D eigenvalue weighted by molar-refractivity contribution is 5.65. The van der Waals surface area contributed by atoms with Gasteiger partial charge in [0.25, 0.3) is 0 Å². The average molecular weight is 547 g/mol. The van der Waals surface area contributed by atoms with Gasteiger partial charge in [-0.15, -0.1) is 0 Å². The third-order valence-corrected chi connectivity index (χ3v) is 8.06. The third-order valence-electron chi connectivity index (χ3n) is 8.06. The van der Waals surface area contributed by atoms with Crippen LogP contribution in [0.3, 0.4) is 0 Å². The van der Waals surface area contributed by atoms with Gasteiger partial charge < -0.3 is 28.5 Å². The summed E-state index contributed by atoms with van der Waals surface area (Å²) in [5.41, 5.74) is 2.21. The van der Waals surface area contributed by atoms with Crippen LogP contribution in [0.1, 0.15) is 99.7 Å². The van der Waals surface area contributed by atoms with E-state index in [1.54, 1.807) is 12.1 Å². The minimum Gasteiger partial charge on any atom is -0.512 e. The van der Waals surface area contributed by atoms with E-state index in [1.165, 1.54) is 12.2 Å². The molecular formula is C32H34O8. The second-order valence-corrected chi connectivity index (χ2v) is 11.0. The molecule has 0 spiro atoms. The molecule has 4 heterocycles. The first-order valence-electron chi connectivity index (χ1n) is 14.3. The second kappa shape index (κ2) is 11.3. The Morgan fingerprint density at radius 3 is 1.62 bits per heavy atom. The summed E-state index contributed by atoms with van der Waals surface area (Å²) in [5, 5.41) is 20.8. The lowest BCUT2D eigenvalue weighted by Gasteiger charge is -2.30. The molecule has 2 saturated carbocycles. The lowest BCUT2D eigenvalue weighted by atomic mass is 9.89. The van der Waals surface area contributed by atoms with Gasteiger partial charge in [-0.05, 0) is 87.5 Å². The van der Waals surface area contributed by atoms with Crippen LogP contribution < -0.4 is 20.7 Å². The van der Waals surface area contributed by atoms with E-state index in [2.05, 4.69) is 0 Å². The fraction of sp³-hybridized carbons (Fsp3) is 0.438. The molecule has 0 saturated heterocycles. The van der Waals surface area contributed by atoms with E-state index in [4.69, 9.17) is 18.3 Å². The number of allylic oxidation sites excluding steroid dienone is 2. The first-order chi connectivity index (χ1) is 19.4. The minimum atomic E-state index is -0.474. The summed E-state index contributed by atoms with van der Waals surface area (Å²) in [5.74, 6) is 1.63. The number of aliphatic hydroxyl groups is 2. The Bertz CT molecular complexity index is 1420. The Balaban J connectivity index is 1.04. The van der Waals surface area contributed by atoms with Crippen molar-refractivity contribution in [3.63, 3.8) is 0 Å². The molecule has 8 heteroatoms. The first-order valence-corrected chi connectivity index (χ1v) is 14.3. The Morgan fingerprint density at radius 1 is 0.725 bits per heavy atom. The number of hydrogen-bond acceptors (Lipinski definition) is 8. The summed E-state index contributed by atoms with van der Waals surface area (Å²) in [4.78, 5) is 25.0. The van der Waals surface area contributed by atoms with Crippen molar-refractivity contribution in [3.05, 3.63) is 78.3 Å². The SMILES string of the molecule is O=c1oc(/C=C(\O)CCCC/C(O)=C/c2cc3c(c(=O)o2)C=C2CCCCC2O3)cc2c1C=C1CCCCC1O2. The van der Waals surface area contributed by atoms with Crippen molar-refractivity contribution in [2.75, 3.05) is 0 Å². The van der Waals surface area contributed by atoms with Crippen LogP contribution in [0.15, 0.2) is 53.2 Å².